The summed E-state index contributed by atoms with van der Waals surface area (Å²) in [4.78, 5) is 18.1. The first-order chi connectivity index (χ1) is 14.3. The number of benzene rings is 1. The van der Waals surface area contributed by atoms with E-state index in [2.05, 4.69) is 31.2 Å². The van der Waals surface area contributed by atoms with Gasteiger partial charge in [0, 0.05) is 18.8 Å². The molecule has 2 aromatic heterocycles. The fourth-order valence-electron chi connectivity index (χ4n) is 3.31. The summed E-state index contributed by atoms with van der Waals surface area (Å²) < 4.78 is 12.9. The molecule has 2 heterocycles. The summed E-state index contributed by atoms with van der Waals surface area (Å²) >= 11 is 0. The second kappa shape index (κ2) is 9.15. The largest absolute Gasteiger partial charge is 0.497 e. The highest BCUT2D eigenvalue weighted by molar-refractivity contribution is 6.13. The second-order valence-electron chi connectivity index (χ2n) is 7.68. The Hall–Kier alpha value is -3.09. The number of pyridine rings is 1. The molecule has 0 spiro atoms. The van der Waals surface area contributed by atoms with Crippen LogP contribution in [0.4, 0.5) is 5.69 Å². The highest BCUT2D eigenvalue weighted by Crippen LogP contribution is 2.31. The third kappa shape index (κ3) is 4.40. The average Bonchev–Trinajstić information content (AvgIpc) is 3.02. The van der Waals surface area contributed by atoms with E-state index in [0.717, 1.165) is 29.6 Å². The smallest absolute Gasteiger partial charge is 0.256 e. The van der Waals surface area contributed by atoms with E-state index in [1.807, 2.05) is 32.2 Å². The van der Waals surface area contributed by atoms with Crippen molar-refractivity contribution in [3.63, 3.8) is 0 Å². The van der Waals surface area contributed by atoms with Crippen molar-refractivity contribution in [3.05, 3.63) is 41.2 Å². The molecule has 0 aliphatic heterocycles. The zero-order valence-corrected chi connectivity index (χ0v) is 18.6. The first-order valence-corrected chi connectivity index (χ1v) is 10.3. The van der Waals surface area contributed by atoms with Gasteiger partial charge < -0.3 is 14.8 Å². The van der Waals surface area contributed by atoms with Crippen LogP contribution in [-0.4, -0.2) is 34.4 Å². The van der Waals surface area contributed by atoms with Crippen molar-refractivity contribution in [3.8, 4) is 11.5 Å². The van der Waals surface area contributed by atoms with Gasteiger partial charge in [0.2, 0.25) is 0 Å². The van der Waals surface area contributed by atoms with E-state index >= 15 is 0 Å². The van der Waals surface area contributed by atoms with Crippen LogP contribution >= 0.6 is 0 Å². The van der Waals surface area contributed by atoms with E-state index in [1.165, 1.54) is 0 Å². The van der Waals surface area contributed by atoms with Crippen LogP contribution in [0.1, 0.15) is 61.3 Å². The number of aryl methyl sites for hydroxylation is 2. The SMILES string of the molecule is CCCCOc1ccc(OC)cc1NC(=O)c1cc(C(C)C)nc2c1c(C)nn2C. The number of carbonyl (C=O) groups is 1. The van der Waals surface area contributed by atoms with E-state index < -0.39 is 0 Å². The summed E-state index contributed by atoms with van der Waals surface area (Å²) in [5, 5.41) is 8.24. The molecule has 30 heavy (non-hydrogen) atoms. The minimum Gasteiger partial charge on any atom is -0.497 e. The number of ether oxygens (including phenoxy) is 2. The van der Waals surface area contributed by atoms with Crippen molar-refractivity contribution in [2.24, 2.45) is 7.05 Å². The number of fused-ring (bicyclic) bond motifs is 1. The molecule has 0 saturated carbocycles. The Bertz CT molecular complexity index is 1060. The van der Waals surface area contributed by atoms with E-state index in [-0.39, 0.29) is 11.8 Å². The molecule has 0 unspecified atom stereocenters. The van der Waals surface area contributed by atoms with Gasteiger partial charge in [0.1, 0.15) is 11.5 Å². The maximum Gasteiger partial charge on any atom is 0.256 e. The molecular weight excluding hydrogens is 380 g/mol. The Morgan fingerprint density at radius 2 is 2.03 bits per heavy atom. The first-order valence-electron chi connectivity index (χ1n) is 10.3. The first kappa shape index (κ1) is 21.6. The lowest BCUT2D eigenvalue weighted by atomic mass is 10.0. The molecule has 3 aromatic rings. The van der Waals surface area contributed by atoms with Crippen LogP contribution < -0.4 is 14.8 Å². The third-order valence-electron chi connectivity index (χ3n) is 5.02. The minimum atomic E-state index is -0.228. The number of nitrogens with one attached hydrogen (secondary N) is 1. The van der Waals surface area contributed by atoms with Gasteiger partial charge in [0.05, 0.1) is 36.0 Å². The van der Waals surface area contributed by atoms with Crippen molar-refractivity contribution in [1.82, 2.24) is 14.8 Å². The van der Waals surface area contributed by atoms with Crippen LogP contribution in [0.2, 0.25) is 0 Å². The third-order valence-corrected chi connectivity index (χ3v) is 5.02. The van der Waals surface area contributed by atoms with E-state index in [9.17, 15) is 4.79 Å². The molecule has 1 amide bonds. The average molecular weight is 411 g/mol. The highest BCUT2D eigenvalue weighted by Gasteiger charge is 2.21. The van der Waals surface area contributed by atoms with Gasteiger partial charge in [-0.25, -0.2) is 4.98 Å². The van der Waals surface area contributed by atoms with E-state index in [0.29, 0.717) is 35.0 Å². The van der Waals surface area contributed by atoms with Crippen LogP contribution in [0.5, 0.6) is 11.5 Å². The molecule has 0 radical (unpaired) electrons. The van der Waals surface area contributed by atoms with Crippen molar-refractivity contribution >= 4 is 22.6 Å². The maximum absolute atomic E-state index is 13.4. The summed E-state index contributed by atoms with van der Waals surface area (Å²) in [5.41, 5.74) is 3.45. The molecule has 7 heteroatoms. The van der Waals surface area contributed by atoms with Crippen molar-refractivity contribution in [2.75, 3.05) is 19.0 Å². The number of amides is 1. The Kier molecular flexibility index (Phi) is 6.59. The highest BCUT2D eigenvalue weighted by atomic mass is 16.5. The molecule has 1 aromatic carbocycles. The lowest BCUT2D eigenvalue weighted by molar-refractivity contribution is 0.102. The fraction of sp³-hybridized carbons (Fsp3) is 0.435. The Morgan fingerprint density at radius 1 is 1.27 bits per heavy atom. The zero-order chi connectivity index (χ0) is 21.8. The van der Waals surface area contributed by atoms with Crippen LogP contribution in [0.3, 0.4) is 0 Å². The van der Waals surface area contributed by atoms with Crippen LogP contribution in [-0.2, 0) is 7.05 Å². The Balaban J connectivity index is 2.03. The monoisotopic (exact) mass is 410 g/mol. The fourth-order valence-corrected chi connectivity index (χ4v) is 3.31. The van der Waals surface area contributed by atoms with Crippen molar-refractivity contribution in [1.29, 1.82) is 0 Å². The summed E-state index contributed by atoms with van der Waals surface area (Å²) in [6.07, 6.45) is 1.97. The van der Waals surface area contributed by atoms with Gasteiger partial charge in [-0.15, -0.1) is 0 Å². The predicted molar refractivity (Wildman–Crippen MR) is 119 cm³/mol. The predicted octanol–water partition coefficient (Wildman–Crippen LogP) is 4.84. The standard InChI is InChI=1S/C23H30N4O3/c1-7-8-11-30-20-10-9-16(29-6)12-19(20)25-23(28)17-13-18(14(2)3)24-22-21(17)15(4)26-27(22)5/h9-10,12-14H,7-8,11H2,1-6H3,(H,25,28). The number of methoxy groups -OCH3 is 1. The molecule has 160 valence electrons. The van der Waals surface area contributed by atoms with Gasteiger partial charge in [-0.2, -0.15) is 5.10 Å². The topological polar surface area (TPSA) is 78.3 Å². The summed E-state index contributed by atoms with van der Waals surface area (Å²) in [7, 11) is 3.44. The Labute approximate surface area is 177 Å². The molecule has 1 N–H and O–H groups in total. The molecule has 0 bridgehead atoms. The number of aromatic nitrogens is 3. The van der Waals surface area contributed by atoms with E-state index in [4.69, 9.17) is 14.5 Å². The quantitative estimate of drug-likeness (QED) is 0.538. The van der Waals surface area contributed by atoms with Crippen molar-refractivity contribution < 1.29 is 14.3 Å². The number of anilines is 1. The second-order valence-corrected chi connectivity index (χ2v) is 7.68. The number of hydrogen-bond donors (Lipinski definition) is 1. The van der Waals surface area contributed by atoms with Gasteiger partial charge in [0.15, 0.2) is 5.65 Å². The minimum absolute atomic E-state index is 0.181. The van der Waals surface area contributed by atoms with Gasteiger partial charge in [-0.3, -0.25) is 9.48 Å². The number of unbranched alkanes of at least 4 members (excludes halogenated alkanes) is 1. The van der Waals surface area contributed by atoms with E-state index in [1.54, 1.807) is 17.9 Å². The molecule has 0 aliphatic rings. The Morgan fingerprint density at radius 3 is 2.70 bits per heavy atom. The summed E-state index contributed by atoms with van der Waals surface area (Å²) in [6, 6.07) is 7.27. The molecular formula is C23H30N4O3. The number of rotatable bonds is 8. The van der Waals surface area contributed by atoms with Crippen molar-refractivity contribution in [2.45, 2.75) is 46.5 Å². The van der Waals surface area contributed by atoms with Gasteiger partial charge in [-0.1, -0.05) is 27.2 Å². The molecule has 3 rings (SSSR count). The summed E-state index contributed by atoms with van der Waals surface area (Å²) in [6.45, 7) is 8.70. The molecule has 0 saturated heterocycles. The number of hydrogen-bond acceptors (Lipinski definition) is 5. The molecule has 0 fully saturated rings. The molecule has 0 aliphatic carbocycles. The number of carbonyl (C=O) groups excluding carboxylic acids is 1. The number of nitrogens with zero attached hydrogens (tertiary/aromatic N) is 3. The van der Waals surface area contributed by atoms with Gasteiger partial charge in [-0.05, 0) is 37.5 Å². The normalized spacial score (nSPS) is 11.2. The zero-order valence-electron chi connectivity index (χ0n) is 18.6. The lowest BCUT2D eigenvalue weighted by Gasteiger charge is -2.15. The maximum atomic E-state index is 13.4. The summed E-state index contributed by atoms with van der Waals surface area (Å²) in [5.74, 6) is 1.22. The van der Waals surface area contributed by atoms with Gasteiger partial charge >= 0.3 is 0 Å². The van der Waals surface area contributed by atoms with Crippen LogP contribution in [0.25, 0.3) is 11.0 Å². The van der Waals surface area contributed by atoms with Gasteiger partial charge in [0.25, 0.3) is 5.91 Å². The van der Waals surface area contributed by atoms with Crippen LogP contribution in [0.15, 0.2) is 24.3 Å². The molecule has 7 nitrogen and oxygen atoms in total. The lowest BCUT2D eigenvalue weighted by Crippen LogP contribution is -2.15. The van der Waals surface area contributed by atoms with Crippen LogP contribution in [0, 0.1) is 6.92 Å². The molecule has 0 atom stereocenters.